The van der Waals surface area contributed by atoms with Crippen molar-refractivity contribution < 1.29 is 13.2 Å². The fourth-order valence-corrected chi connectivity index (χ4v) is 4.23. The molecule has 0 N–H and O–H groups in total. The molecule has 1 aromatic carbocycles. The van der Waals surface area contributed by atoms with Gasteiger partial charge in [-0.25, -0.2) is 8.42 Å². The van der Waals surface area contributed by atoms with Gasteiger partial charge in [0.25, 0.3) is 0 Å². The van der Waals surface area contributed by atoms with E-state index in [1.165, 1.54) is 16.4 Å². The van der Waals surface area contributed by atoms with Crippen LogP contribution < -0.4 is 0 Å². The van der Waals surface area contributed by atoms with E-state index in [1.807, 2.05) is 26.8 Å². The van der Waals surface area contributed by atoms with Gasteiger partial charge in [-0.2, -0.15) is 9.57 Å². The maximum Gasteiger partial charge on any atom is 0.244 e. The van der Waals surface area contributed by atoms with Gasteiger partial charge in [-0.05, 0) is 17.5 Å². The molecule has 6 nitrogen and oxygen atoms in total. The number of benzene rings is 1. The Kier molecular flexibility index (Phi) is 5.31. The molecule has 0 spiro atoms. The van der Waals surface area contributed by atoms with Crippen LogP contribution in [0.3, 0.4) is 0 Å². The molecule has 1 heterocycles. The zero-order chi connectivity index (χ0) is 18.0. The van der Waals surface area contributed by atoms with Gasteiger partial charge in [0.15, 0.2) is 0 Å². The molecule has 0 unspecified atom stereocenters. The summed E-state index contributed by atoms with van der Waals surface area (Å²) in [4.78, 5) is 14.0. The number of hydrogen-bond acceptors (Lipinski definition) is 4. The zero-order valence-electron chi connectivity index (χ0n) is 14.3. The van der Waals surface area contributed by atoms with Gasteiger partial charge in [-0.3, -0.25) is 4.79 Å². The van der Waals surface area contributed by atoms with Crippen LogP contribution in [0.5, 0.6) is 0 Å². The van der Waals surface area contributed by atoms with Crippen molar-refractivity contribution in [1.29, 1.82) is 5.26 Å². The summed E-state index contributed by atoms with van der Waals surface area (Å²) in [5.41, 5.74) is 0.0511. The van der Waals surface area contributed by atoms with Crippen molar-refractivity contribution in [3.05, 3.63) is 29.8 Å². The summed E-state index contributed by atoms with van der Waals surface area (Å²) >= 11 is 0. The lowest BCUT2D eigenvalue weighted by molar-refractivity contribution is -0.134. The molecule has 0 saturated carbocycles. The van der Waals surface area contributed by atoms with Crippen molar-refractivity contribution in [3.8, 4) is 6.07 Å². The first kappa shape index (κ1) is 18.4. The van der Waals surface area contributed by atoms with Crippen LogP contribution in [0.4, 0.5) is 0 Å². The van der Waals surface area contributed by atoms with Crippen LogP contribution in [0.1, 0.15) is 32.8 Å². The van der Waals surface area contributed by atoms with E-state index >= 15 is 0 Å². The molecule has 1 aromatic rings. The second-order valence-corrected chi connectivity index (χ2v) is 9.04. The SMILES string of the molecule is CC(C)(C)CC(=O)N1CCN(S(=O)(=O)c2ccccc2C#N)CC1. The quantitative estimate of drug-likeness (QED) is 0.833. The third kappa shape index (κ3) is 4.13. The highest BCUT2D eigenvalue weighted by Crippen LogP contribution is 2.23. The van der Waals surface area contributed by atoms with Gasteiger partial charge < -0.3 is 4.90 Å². The number of nitriles is 1. The minimum Gasteiger partial charge on any atom is -0.340 e. The van der Waals surface area contributed by atoms with Crippen molar-refractivity contribution in [2.75, 3.05) is 26.2 Å². The van der Waals surface area contributed by atoms with E-state index in [4.69, 9.17) is 5.26 Å². The lowest BCUT2D eigenvalue weighted by atomic mass is 9.91. The topological polar surface area (TPSA) is 81.5 Å². The fraction of sp³-hybridized carbons (Fsp3) is 0.529. The Morgan fingerprint density at radius 2 is 1.75 bits per heavy atom. The zero-order valence-corrected chi connectivity index (χ0v) is 15.1. The molecule has 0 aliphatic carbocycles. The number of carbonyl (C=O) groups excluding carboxylic acids is 1. The standard InChI is InChI=1S/C17H23N3O3S/c1-17(2,3)12-16(21)19-8-10-20(11-9-19)24(22,23)15-7-5-4-6-14(15)13-18/h4-7H,8-12H2,1-3H3. The summed E-state index contributed by atoms with van der Waals surface area (Å²) in [5, 5.41) is 9.12. The van der Waals surface area contributed by atoms with Gasteiger partial charge in [0.2, 0.25) is 15.9 Å². The highest BCUT2D eigenvalue weighted by molar-refractivity contribution is 7.89. The highest BCUT2D eigenvalue weighted by Gasteiger charge is 2.32. The Balaban J connectivity index is 2.09. The highest BCUT2D eigenvalue weighted by atomic mass is 32.2. The van der Waals surface area contributed by atoms with E-state index in [1.54, 1.807) is 17.0 Å². The number of piperazine rings is 1. The third-order valence-electron chi connectivity index (χ3n) is 3.90. The Bertz CT molecular complexity index is 752. The van der Waals surface area contributed by atoms with Crippen LogP contribution in [0.15, 0.2) is 29.2 Å². The van der Waals surface area contributed by atoms with Crippen molar-refractivity contribution >= 4 is 15.9 Å². The molecule has 7 heteroatoms. The maximum absolute atomic E-state index is 12.7. The first-order valence-corrected chi connectivity index (χ1v) is 9.36. The molecule has 2 rings (SSSR count). The van der Waals surface area contributed by atoms with E-state index in [2.05, 4.69) is 0 Å². The van der Waals surface area contributed by atoms with Gasteiger partial charge in [0, 0.05) is 32.6 Å². The molecule has 1 fully saturated rings. The van der Waals surface area contributed by atoms with Crippen LogP contribution in [0, 0.1) is 16.7 Å². The van der Waals surface area contributed by atoms with E-state index in [-0.39, 0.29) is 34.9 Å². The summed E-state index contributed by atoms with van der Waals surface area (Å²) in [6.45, 7) is 7.26. The molecule has 0 radical (unpaired) electrons. The monoisotopic (exact) mass is 349 g/mol. The van der Waals surface area contributed by atoms with Crippen molar-refractivity contribution in [1.82, 2.24) is 9.21 Å². The fourth-order valence-electron chi connectivity index (χ4n) is 2.67. The summed E-state index contributed by atoms with van der Waals surface area (Å²) < 4.78 is 26.8. The maximum atomic E-state index is 12.7. The Labute approximate surface area is 143 Å². The normalized spacial score (nSPS) is 16.7. The molecule has 130 valence electrons. The summed E-state index contributed by atoms with van der Waals surface area (Å²) in [6, 6.07) is 8.12. The minimum atomic E-state index is -3.72. The van der Waals surface area contributed by atoms with Crippen LogP contribution in [-0.4, -0.2) is 49.7 Å². The second-order valence-electron chi connectivity index (χ2n) is 7.13. The van der Waals surface area contributed by atoms with Gasteiger partial charge in [0.05, 0.1) is 10.5 Å². The minimum absolute atomic E-state index is 0.0296. The molecule has 1 saturated heterocycles. The first-order valence-electron chi connectivity index (χ1n) is 7.92. The molecule has 24 heavy (non-hydrogen) atoms. The largest absolute Gasteiger partial charge is 0.340 e. The third-order valence-corrected chi connectivity index (χ3v) is 5.86. The lowest BCUT2D eigenvalue weighted by Crippen LogP contribution is -2.51. The molecule has 0 aromatic heterocycles. The summed E-state index contributed by atoms with van der Waals surface area (Å²) in [6.07, 6.45) is 0.441. The number of amides is 1. The predicted molar refractivity (Wildman–Crippen MR) is 90.6 cm³/mol. The average Bonchev–Trinajstić information content (AvgIpc) is 2.53. The number of sulfonamides is 1. The van der Waals surface area contributed by atoms with Crippen LogP contribution in [-0.2, 0) is 14.8 Å². The number of nitrogens with zero attached hydrogens (tertiary/aromatic N) is 3. The molecule has 1 aliphatic rings. The molecular formula is C17H23N3O3S. The van der Waals surface area contributed by atoms with Gasteiger partial charge in [0.1, 0.15) is 6.07 Å². The van der Waals surface area contributed by atoms with Gasteiger partial charge in [-0.15, -0.1) is 0 Å². The Hall–Kier alpha value is -1.91. The van der Waals surface area contributed by atoms with E-state index in [0.717, 1.165) is 0 Å². The van der Waals surface area contributed by atoms with E-state index in [9.17, 15) is 13.2 Å². The van der Waals surface area contributed by atoms with E-state index in [0.29, 0.717) is 19.5 Å². The number of carbonyl (C=O) groups is 1. The molecular weight excluding hydrogens is 326 g/mol. The first-order chi connectivity index (χ1) is 11.1. The average molecular weight is 349 g/mol. The molecule has 0 atom stereocenters. The number of rotatable bonds is 3. The second kappa shape index (κ2) is 6.91. The van der Waals surface area contributed by atoms with Crippen molar-refractivity contribution in [2.24, 2.45) is 5.41 Å². The summed E-state index contributed by atoms with van der Waals surface area (Å²) in [7, 11) is -3.72. The Morgan fingerprint density at radius 1 is 1.17 bits per heavy atom. The van der Waals surface area contributed by atoms with Crippen molar-refractivity contribution in [3.63, 3.8) is 0 Å². The Morgan fingerprint density at radius 3 is 2.29 bits per heavy atom. The van der Waals surface area contributed by atoms with Crippen LogP contribution in [0.25, 0.3) is 0 Å². The smallest absolute Gasteiger partial charge is 0.244 e. The number of hydrogen-bond donors (Lipinski definition) is 0. The molecule has 1 amide bonds. The van der Waals surface area contributed by atoms with Gasteiger partial charge >= 0.3 is 0 Å². The predicted octanol–water partition coefficient (Wildman–Crippen LogP) is 1.83. The van der Waals surface area contributed by atoms with Crippen molar-refractivity contribution in [2.45, 2.75) is 32.1 Å². The van der Waals surface area contributed by atoms with Crippen LogP contribution >= 0.6 is 0 Å². The van der Waals surface area contributed by atoms with Crippen LogP contribution in [0.2, 0.25) is 0 Å². The van der Waals surface area contributed by atoms with E-state index < -0.39 is 10.0 Å². The molecule has 0 bridgehead atoms. The summed E-state index contributed by atoms with van der Waals surface area (Å²) in [5.74, 6) is 0.0528. The molecule has 1 aliphatic heterocycles. The van der Waals surface area contributed by atoms with Gasteiger partial charge in [-0.1, -0.05) is 32.9 Å². The lowest BCUT2D eigenvalue weighted by Gasteiger charge is -2.35.